The van der Waals surface area contributed by atoms with Crippen molar-refractivity contribution >= 4 is 64.1 Å². The summed E-state index contributed by atoms with van der Waals surface area (Å²) in [6.07, 6.45) is 0. The van der Waals surface area contributed by atoms with Crippen LogP contribution in [-0.4, -0.2) is 83.3 Å². The zero-order chi connectivity index (χ0) is 4.50. The average Bonchev–Trinajstić information content (AvgIpc) is 0.722. The minimum absolute atomic E-state index is 0. The molecule has 0 aromatic rings. The molecule has 0 bridgehead atoms. The van der Waals surface area contributed by atoms with Crippen molar-refractivity contribution in [3.63, 3.8) is 0 Å². The first kappa shape index (κ1) is 29.6. The molecule has 9 heavy (non-hydrogen) atoms. The van der Waals surface area contributed by atoms with Crippen molar-refractivity contribution in [2.75, 3.05) is 0 Å². The minimum atomic E-state index is -4.61. The Hall–Kier alpha value is 3.08. The topological polar surface area (TPSA) is 80.9 Å². The van der Waals surface area contributed by atoms with Crippen LogP contribution in [0.5, 0.6) is 0 Å². The fourth-order valence-electron chi connectivity index (χ4n) is 0. The van der Waals surface area contributed by atoms with Gasteiger partial charge >= 0.3 is 46.8 Å². The second-order valence-electron chi connectivity index (χ2n) is 0.600. The van der Waals surface area contributed by atoms with Crippen molar-refractivity contribution in [2.45, 2.75) is 0 Å². The molecule has 0 spiro atoms. The van der Waals surface area contributed by atoms with E-state index < -0.39 is 9.05 Å². The monoisotopic (exact) mass is 272 g/mol. The molecule has 0 fully saturated rings. The van der Waals surface area contributed by atoms with E-state index in [4.69, 9.17) is 19.2 Å². The van der Waals surface area contributed by atoms with Gasteiger partial charge in [0, 0.05) is 38.8 Å². The van der Waals surface area contributed by atoms with Crippen LogP contribution in [-0.2, 0) is 38.8 Å². The molecular weight excluding hydrogens is 263 g/mol. The van der Waals surface area contributed by atoms with E-state index in [0.717, 1.165) is 0 Å². The van der Waals surface area contributed by atoms with E-state index in [1.165, 1.54) is 0 Å². The Bertz CT molecular complexity index is 43.6. The largest absolute Gasteiger partial charge is 2.00 e. The summed E-state index contributed by atoms with van der Waals surface area (Å²) in [5, 5.41) is 0. The molecule has 0 radical (unpaired) electrons. The van der Waals surface area contributed by atoms with Crippen molar-refractivity contribution in [1.82, 2.24) is 0 Å². The predicted octanol–water partition coefficient (Wildman–Crippen LogP) is -3.95. The van der Waals surface area contributed by atoms with Gasteiger partial charge in [0.1, 0.15) is 0 Å². The first-order valence-corrected chi connectivity index (χ1v) is 2.68. The standard InChI is InChI=1S/Al.Ca.Fe.H4O4Si.Ti.5H/c;;;1-5(2,3)4;;;;;;/h;;;1-4H;;;;;;/q;+2;;;;;;;2*-1. The van der Waals surface area contributed by atoms with Crippen LogP contribution in [0.4, 0.5) is 0 Å². The Kier molecular flexibility index (Phi) is 44.9. The Morgan fingerprint density at radius 1 is 1.00 bits per heavy atom. The maximum Gasteiger partial charge on any atom is 2.00 e. The van der Waals surface area contributed by atoms with Crippen LogP contribution in [0.3, 0.4) is 0 Å². The van der Waals surface area contributed by atoms with Crippen LogP contribution < -0.4 is 0 Å². The Morgan fingerprint density at radius 3 is 1.00 bits per heavy atom. The molecule has 0 heterocycles. The predicted molar refractivity (Wildman–Crippen MR) is 32.5 cm³/mol. The van der Waals surface area contributed by atoms with Crippen LogP contribution in [0.2, 0.25) is 0 Å². The molecule has 0 unspecified atom stereocenters. The normalized spacial score (nSPS) is 6.67. The van der Waals surface area contributed by atoms with Gasteiger partial charge in [-0.2, -0.15) is 0 Å². The van der Waals surface area contributed by atoms with Gasteiger partial charge in [-0.05, 0) is 0 Å². The molecule has 0 aliphatic carbocycles. The summed E-state index contributed by atoms with van der Waals surface area (Å²) in [5.41, 5.74) is 0. The summed E-state index contributed by atoms with van der Waals surface area (Å²) in [7, 11) is -4.61. The Labute approximate surface area is 123 Å². The maximum atomic E-state index is 7.33. The van der Waals surface area contributed by atoms with Crippen molar-refractivity contribution < 1.29 is 60.8 Å². The Morgan fingerprint density at radius 2 is 1.00 bits per heavy atom. The van der Waals surface area contributed by atoms with Gasteiger partial charge in [-0.15, -0.1) is 0 Å². The average molecular weight is 272 g/mol. The minimum Gasteiger partial charge on any atom is -1.00 e. The number of hydrogen-bond acceptors (Lipinski definition) is 4. The summed E-state index contributed by atoms with van der Waals surface area (Å²) in [6.45, 7) is 0. The van der Waals surface area contributed by atoms with E-state index in [1.54, 1.807) is 0 Å². The molecule has 9 heteroatoms. The van der Waals surface area contributed by atoms with E-state index in [0.29, 0.717) is 0 Å². The SMILES string of the molecule is O[Si](O)(O)O.[AlH3].[Ca+2].[Fe].[H-].[H-].[Ti]. The molecule has 0 aromatic heterocycles. The smallest absolute Gasteiger partial charge is 1.00 e. The fourth-order valence-corrected chi connectivity index (χ4v) is 0. The molecule has 0 aliphatic rings. The number of hydrogen-bond donors (Lipinski definition) is 4. The zero-order valence-electron chi connectivity index (χ0n) is 5.85. The summed E-state index contributed by atoms with van der Waals surface area (Å²) in [6, 6.07) is 0. The molecular formula is H9AlCaFeO4SiTi. The zero-order valence-corrected chi connectivity index (χ0v) is 9.72. The van der Waals surface area contributed by atoms with Crippen LogP contribution in [0, 0.1) is 0 Å². The van der Waals surface area contributed by atoms with Gasteiger partial charge in [0.15, 0.2) is 17.4 Å². The number of rotatable bonds is 0. The van der Waals surface area contributed by atoms with Gasteiger partial charge in [0.2, 0.25) is 0 Å². The molecule has 0 saturated carbocycles. The summed E-state index contributed by atoms with van der Waals surface area (Å²) < 4.78 is 0. The van der Waals surface area contributed by atoms with E-state index >= 15 is 0 Å². The first-order valence-electron chi connectivity index (χ1n) is 0.894. The molecule has 0 aliphatic heterocycles. The van der Waals surface area contributed by atoms with E-state index in [9.17, 15) is 0 Å². The summed E-state index contributed by atoms with van der Waals surface area (Å²) in [4.78, 5) is 29.3. The third-order valence-corrected chi connectivity index (χ3v) is 0. The molecule has 4 N–H and O–H groups in total. The van der Waals surface area contributed by atoms with Crippen LogP contribution >= 0.6 is 0 Å². The van der Waals surface area contributed by atoms with Gasteiger partial charge < -0.3 is 22.0 Å². The van der Waals surface area contributed by atoms with Gasteiger partial charge in [0.05, 0.1) is 0 Å². The molecule has 0 aromatic carbocycles. The van der Waals surface area contributed by atoms with Gasteiger partial charge in [0.25, 0.3) is 0 Å². The Balaban J connectivity index is -0.00000000533. The van der Waals surface area contributed by atoms with E-state index in [2.05, 4.69) is 0 Å². The van der Waals surface area contributed by atoms with Gasteiger partial charge in [-0.3, -0.25) is 0 Å². The van der Waals surface area contributed by atoms with Crippen molar-refractivity contribution in [2.24, 2.45) is 0 Å². The van der Waals surface area contributed by atoms with Crippen LogP contribution in [0.25, 0.3) is 0 Å². The second-order valence-corrected chi connectivity index (χ2v) is 1.80. The molecule has 54 valence electrons. The van der Waals surface area contributed by atoms with E-state index in [1.807, 2.05) is 0 Å². The third-order valence-electron chi connectivity index (χ3n) is 0. The molecule has 0 rings (SSSR count). The molecule has 0 atom stereocenters. The maximum absolute atomic E-state index is 7.33. The van der Waals surface area contributed by atoms with Crippen LogP contribution in [0.1, 0.15) is 2.85 Å². The van der Waals surface area contributed by atoms with E-state index in [-0.39, 0.29) is 96.7 Å². The fraction of sp³-hybridized carbons (Fsp3) is 0. The molecule has 0 amide bonds. The van der Waals surface area contributed by atoms with Crippen LogP contribution in [0.15, 0.2) is 0 Å². The molecule has 4 nitrogen and oxygen atoms in total. The third kappa shape index (κ3) is 96.2. The van der Waals surface area contributed by atoms with Gasteiger partial charge in [-0.1, -0.05) is 0 Å². The molecule has 0 saturated heterocycles. The van der Waals surface area contributed by atoms with Crippen molar-refractivity contribution in [3.05, 3.63) is 0 Å². The van der Waals surface area contributed by atoms with Gasteiger partial charge in [-0.25, -0.2) is 0 Å². The quantitative estimate of drug-likeness (QED) is 0.339. The summed E-state index contributed by atoms with van der Waals surface area (Å²) in [5.74, 6) is 0. The van der Waals surface area contributed by atoms with Crippen molar-refractivity contribution in [3.8, 4) is 0 Å². The summed E-state index contributed by atoms with van der Waals surface area (Å²) >= 11 is 0. The second kappa shape index (κ2) is 13.7. The first-order chi connectivity index (χ1) is 2.00. The van der Waals surface area contributed by atoms with Crippen molar-refractivity contribution in [1.29, 1.82) is 0 Å².